The first kappa shape index (κ1) is 18.5. The summed E-state index contributed by atoms with van der Waals surface area (Å²) in [6.07, 6.45) is 4.39. The van der Waals surface area contributed by atoms with Crippen LogP contribution in [0.3, 0.4) is 0 Å². The van der Waals surface area contributed by atoms with Crippen molar-refractivity contribution in [2.75, 3.05) is 24.7 Å². The van der Waals surface area contributed by atoms with E-state index >= 15 is 0 Å². The lowest BCUT2D eigenvalue weighted by molar-refractivity contribution is 0.331. The highest BCUT2D eigenvalue weighted by Gasteiger charge is 2.24. The first-order chi connectivity index (χ1) is 12.2. The number of sulfonamides is 1. The predicted octanol–water partition coefficient (Wildman–Crippen LogP) is 1.28. The molecule has 0 bridgehead atoms. The van der Waals surface area contributed by atoms with Crippen molar-refractivity contribution in [3.8, 4) is 11.4 Å². The molecular formula is C17H23N5O3S. The van der Waals surface area contributed by atoms with Crippen LogP contribution in [0.4, 0.5) is 5.82 Å². The van der Waals surface area contributed by atoms with Gasteiger partial charge < -0.3 is 10.3 Å². The Hall–Kier alpha value is -2.26. The summed E-state index contributed by atoms with van der Waals surface area (Å²) in [4.78, 5) is 23.4. The van der Waals surface area contributed by atoms with E-state index in [0.29, 0.717) is 30.2 Å². The smallest absolute Gasteiger partial charge is 0.254 e. The number of nitrogens with one attached hydrogen (secondary N) is 2. The molecule has 0 saturated carbocycles. The minimum Gasteiger partial charge on any atom is -0.367 e. The highest BCUT2D eigenvalue weighted by atomic mass is 32.2. The highest BCUT2D eigenvalue weighted by Crippen LogP contribution is 2.19. The van der Waals surface area contributed by atoms with E-state index in [1.165, 1.54) is 10.6 Å². The van der Waals surface area contributed by atoms with E-state index in [9.17, 15) is 13.2 Å². The van der Waals surface area contributed by atoms with Crippen LogP contribution in [0.1, 0.15) is 24.1 Å². The molecule has 2 aromatic rings. The number of anilines is 1. The molecule has 0 aromatic carbocycles. The van der Waals surface area contributed by atoms with Gasteiger partial charge in [0, 0.05) is 42.1 Å². The largest absolute Gasteiger partial charge is 0.367 e. The lowest BCUT2D eigenvalue weighted by Gasteiger charge is -2.30. The number of aromatic amines is 1. The summed E-state index contributed by atoms with van der Waals surface area (Å²) in [5, 5.41) is 3.34. The van der Waals surface area contributed by atoms with Crippen LogP contribution in [0.25, 0.3) is 11.4 Å². The summed E-state index contributed by atoms with van der Waals surface area (Å²) in [7, 11) is -3.11. The number of aryl methyl sites for hydroxylation is 1. The zero-order valence-corrected chi connectivity index (χ0v) is 15.9. The lowest BCUT2D eigenvalue weighted by atomic mass is 10.1. The van der Waals surface area contributed by atoms with Gasteiger partial charge in [0.1, 0.15) is 11.6 Å². The number of hydrogen-bond acceptors (Lipinski definition) is 6. The van der Waals surface area contributed by atoms with Gasteiger partial charge in [0.15, 0.2) is 0 Å². The van der Waals surface area contributed by atoms with Gasteiger partial charge in [0.25, 0.3) is 5.56 Å². The summed E-state index contributed by atoms with van der Waals surface area (Å²) in [6.45, 7) is 4.58. The lowest BCUT2D eigenvalue weighted by Crippen LogP contribution is -2.41. The quantitative estimate of drug-likeness (QED) is 0.831. The van der Waals surface area contributed by atoms with Gasteiger partial charge >= 0.3 is 0 Å². The number of pyridine rings is 1. The van der Waals surface area contributed by atoms with E-state index < -0.39 is 10.0 Å². The third-order valence-electron chi connectivity index (χ3n) is 4.71. The van der Waals surface area contributed by atoms with Gasteiger partial charge in [0.05, 0.1) is 6.26 Å². The molecule has 1 aliphatic rings. The normalized spacial score (nSPS) is 16.6. The fraction of sp³-hybridized carbons (Fsp3) is 0.471. The maximum Gasteiger partial charge on any atom is 0.254 e. The Balaban J connectivity index is 1.67. The van der Waals surface area contributed by atoms with Gasteiger partial charge in [-0.15, -0.1) is 0 Å². The number of nitrogens with zero attached hydrogens (tertiary/aromatic N) is 3. The molecule has 9 heteroatoms. The summed E-state index contributed by atoms with van der Waals surface area (Å²) >= 11 is 0. The van der Waals surface area contributed by atoms with E-state index in [2.05, 4.69) is 20.3 Å². The van der Waals surface area contributed by atoms with Crippen LogP contribution in [0.15, 0.2) is 23.1 Å². The molecule has 0 amide bonds. The molecular weight excluding hydrogens is 354 g/mol. The maximum atomic E-state index is 11.9. The average molecular weight is 377 g/mol. The standard InChI is InChI=1S/C17H23N5O3S/c1-11-12(2)19-16(21-17(11)23)13-4-5-15(18-10-13)20-14-6-8-22(9-7-14)26(3,24)25/h4-5,10,14H,6-9H2,1-3H3,(H,18,20)(H,19,21,23). The van der Waals surface area contributed by atoms with Crippen molar-refractivity contribution in [2.24, 2.45) is 0 Å². The van der Waals surface area contributed by atoms with Crippen molar-refractivity contribution < 1.29 is 8.42 Å². The molecule has 3 rings (SSSR count). The molecule has 2 aromatic heterocycles. The number of rotatable bonds is 4. The number of piperidine rings is 1. The molecule has 2 N–H and O–H groups in total. The van der Waals surface area contributed by atoms with E-state index in [1.54, 1.807) is 20.0 Å². The molecule has 1 aliphatic heterocycles. The SMILES string of the molecule is Cc1nc(-c2ccc(NC3CCN(S(C)(=O)=O)CC3)nc2)[nH]c(=O)c1C. The third kappa shape index (κ3) is 4.10. The molecule has 0 aliphatic carbocycles. The van der Waals surface area contributed by atoms with Crippen LogP contribution < -0.4 is 10.9 Å². The maximum absolute atomic E-state index is 11.9. The van der Waals surface area contributed by atoms with Crippen LogP contribution in [-0.2, 0) is 10.0 Å². The van der Waals surface area contributed by atoms with Crippen molar-refractivity contribution in [1.82, 2.24) is 19.3 Å². The van der Waals surface area contributed by atoms with Gasteiger partial charge in [0.2, 0.25) is 10.0 Å². The molecule has 26 heavy (non-hydrogen) atoms. The van der Waals surface area contributed by atoms with E-state index in [0.717, 1.165) is 24.2 Å². The second-order valence-electron chi connectivity index (χ2n) is 6.64. The fourth-order valence-corrected chi connectivity index (χ4v) is 3.82. The first-order valence-corrected chi connectivity index (χ1v) is 10.3. The van der Waals surface area contributed by atoms with Gasteiger partial charge in [-0.25, -0.2) is 22.7 Å². The predicted molar refractivity (Wildman–Crippen MR) is 101 cm³/mol. The van der Waals surface area contributed by atoms with Crippen LogP contribution in [-0.4, -0.2) is 53.1 Å². The molecule has 0 spiro atoms. The molecule has 0 radical (unpaired) electrons. The fourth-order valence-electron chi connectivity index (χ4n) is 2.94. The Morgan fingerprint density at radius 1 is 1.23 bits per heavy atom. The number of H-pyrrole nitrogens is 1. The van der Waals surface area contributed by atoms with Crippen molar-refractivity contribution >= 4 is 15.8 Å². The van der Waals surface area contributed by atoms with Crippen LogP contribution >= 0.6 is 0 Å². The molecule has 0 unspecified atom stereocenters. The Bertz CT molecular complexity index is 945. The van der Waals surface area contributed by atoms with E-state index in [4.69, 9.17) is 0 Å². The Morgan fingerprint density at radius 3 is 2.46 bits per heavy atom. The number of aromatic nitrogens is 3. The van der Waals surface area contributed by atoms with Crippen molar-refractivity contribution in [1.29, 1.82) is 0 Å². The second-order valence-corrected chi connectivity index (χ2v) is 8.62. The Kier molecular flexibility index (Phi) is 5.10. The van der Waals surface area contributed by atoms with E-state index in [1.807, 2.05) is 12.1 Å². The van der Waals surface area contributed by atoms with Crippen LogP contribution in [0, 0.1) is 13.8 Å². The molecule has 1 saturated heterocycles. The summed E-state index contributed by atoms with van der Waals surface area (Å²) in [6, 6.07) is 3.88. The second kappa shape index (κ2) is 7.16. The molecule has 3 heterocycles. The third-order valence-corrected chi connectivity index (χ3v) is 6.01. The van der Waals surface area contributed by atoms with Gasteiger partial charge in [-0.05, 0) is 38.8 Å². The van der Waals surface area contributed by atoms with E-state index in [-0.39, 0.29) is 11.6 Å². The van der Waals surface area contributed by atoms with Crippen LogP contribution in [0.5, 0.6) is 0 Å². The highest BCUT2D eigenvalue weighted by molar-refractivity contribution is 7.88. The van der Waals surface area contributed by atoms with Gasteiger partial charge in [-0.3, -0.25) is 4.79 Å². The summed E-state index contributed by atoms with van der Waals surface area (Å²) < 4.78 is 24.6. The average Bonchev–Trinajstić information content (AvgIpc) is 2.59. The monoisotopic (exact) mass is 377 g/mol. The molecule has 1 fully saturated rings. The molecule has 8 nitrogen and oxygen atoms in total. The van der Waals surface area contributed by atoms with Crippen molar-refractivity contribution in [3.63, 3.8) is 0 Å². The first-order valence-electron chi connectivity index (χ1n) is 8.49. The van der Waals surface area contributed by atoms with Gasteiger partial charge in [-0.1, -0.05) is 0 Å². The van der Waals surface area contributed by atoms with Crippen molar-refractivity contribution in [3.05, 3.63) is 39.9 Å². The summed E-state index contributed by atoms with van der Waals surface area (Å²) in [5.41, 5.74) is 1.90. The van der Waals surface area contributed by atoms with Gasteiger partial charge in [-0.2, -0.15) is 0 Å². The van der Waals surface area contributed by atoms with Crippen molar-refractivity contribution in [2.45, 2.75) is 32.7 Å². The molecule has 0 atom stereocenters. The minimum absolute atomic E-state index is 0.146. The zero-order chi connectivity index (χ0) is 18.9. The zero-order valence-electron chi connectivity index (χ0n) is 15.1. The number of hydrogen-bond donors (Lipinski definition) is 2. The van der Waals surface area contributed by atoms with Crippen LogP contribution in [0.2, 0.25) is 0 Å². The topological polar surface area (TPSA) is 108 Å². The summed E-state index contributed by atoms with van der Waals surface area (Å²) in [5.74, 6) is 1.22. The Labute approximate surface area is 152 Å². The Morgan fingerprint density at radius 2 is 1.92 bits per heavy atom. The molecule has 140 valence electrons. The minimum atomic E-state index is -3.11.